The largest absolute Gasteiger partial charge is 0.497 e. The molecule has 0 unspecified atom stereocenters. The predicted octanol–water partition coefficient (Wildman–Crippen LogP) is 5.15. The van der Waals surface area contributed by atoms with Crippen LogP contribution in [0.4, 0.5) is 0 Å². The molecule has 0 atom stereocenters. The molecule has 2 heterocycles. The summed E-state index contributed by atoms with van der Waals surface area (Å²) in [7, 11) is 1.69. The summed E-state index contributed by atoms with van der Waals surface area (Å²) >= 11 is 3.61. The van der Waals surface area contributed by atoms with E-state index in [4.69, 9.17) is 4.74 Å². The molecular formula is C15H12OS2. The number of hydrogen-bond acceptors (Lipinski definition) is 3. The molecule has 1 nitrogen and oxygen atoms in total. The first-order valence-corrected chi connectivity index (χ1v) is 7.34. The van der Waals surface area contributed by atoms with Crippen molar-refractivity contribution in [2.24, 2.45) is 0 Å². The van der Waals surface area contributed by atoms with Gasteiger partial charge in [0.25, 0.3) is 0 Å². The van der Waals surface area contributed by atoms with Crippen LogP contribution in [-0.2, 0) is 0 Å². The molecule has 0 aliphatic rings. The molecule has 0 spiro atoms. The second-order valence-corrected chi connectivity index (χ2v) is 5.90. The van der Waals surface area contributed by atoms with Gasteiger partial charge in [-0.05, 0) is 53.4 Å². The Kier molecular flexibility index (Phi) is 3.17. The number of ether oxygens (including phenoxy) is 1. The van der Waals surface area contributed by atoms with E-state index >= 15 is 0 Å². The van der Waals surface area contributed by atoms with Gasteiger partial charge >= 0.3 is 0 Å². The van der Waals surface area contributed by atoms with E-state index in [0.29, 0.717) is 0 Å². The van der Waals surface area contributed by atoms with Gasteiger partial charge in [0, 0.05) is 14.6 Å². The standard InChI is InChI=1S/C15H12OS2/c1-16-12-6-4-11(5-7-12)13-8-9-15(18-13)14-3-2-10-17-14/h2-10H,1H3. The second kappa shape index (κ2) is 4.96. The average molecular weight is 272 g/mol. The van der Waals surface area contributed by atoms with Crippen LogP contribution in [-0.4, -0.2) is 7.11 Å². The molecular weight excluding hydrogens is 260 g/mol. The van der Waals surface area contributed by atoms with E-state index in [1.54, 1.807) is 18.4 Å². The number of rotatable bonds is 3. The smallest absolute Gasteiger partial charge is 0.118 e. The van der Waals surface area contributed by atoms with Gasteiger partial charge in [0.05, 0.1) is 7.11 Å². The fourth-order valence-electron chi connectivity index (χ4n) is 1.80. The Labute approximate surface area is 114 Å². The lowest BCUT2D eigenvalue weighted by molar-refractivity contribution is 0.415. The molecule has 0 bridgehead atoms. The van der Waals surface area contributed by atoms with Crippen LogP contribution in [0.15, 0.2) is 53.9 Å². The van der Waals surface area contributed by atoms with Gasteiger partial charge < -0.3 is 4.74 Å². The van der Waals surface area contributed by atoms with Crippen LogP contribution >= 0.6 is 22.7 Å². The third-order valence-corrected chi connectivity index (χ3v) is 4.94. The molecule has 0 N–H and O–H groups in total. The SMILES string of the molecule is COc1ccc(-c2ccc(-c3cccs3)s2)cc1. The Balaban J connectivity index is 1.92. The molecule has 0 amide bonds. The average Bonchev–Trinajstić information content (AvgIpc) is 3.09. The molecule has 3 rings (SSSR count). The minimum atomic E-state index is 0.897. The molecule has 2 aromatic heterocycles. The zero-order valence-corrected chi connectivity index (χ0v) is 11.6. The fourth-order valence-corrected chi connectivity index (χ4v) is 3.65. The van der Waals surface area contributed by atoms with E-state index in [1.807, 2.05) is 23.5 Å². The Morgan fingerprint density at radius 2 is 1.61 bits per heavy atom. The Morgan fingerprint density at radius 1 is 0.833 bits per heavy atom. The van der Waals surface area contributed by atoms with Crippen LogP contribution in [0.2, 0.25) is 0 Å². The summed E-state index contributed by atoms with van der Waals surface area (Å²) in [5.74, 6) is 0.897. The Morgan fingerprint density at radius 3 is 2.28 bits per heavy atom. The number of benzene rings is 1. The summed E-state index contributed by atoms with van der Waals surface area (Å²) in [5.41, 5.74) is 1.24. The van der Waals surface area contributed by atoms with Crippen LogP contribution in [0.25, 0.3) is 20.2 Å². The molecule has 1 aromatic carbocycles. The van der Waals surface area contributed by atoms with Crippen molar-refractivity contribution in [3.05, 3.63) is 53.9 Å². The summed E-state index contributed by atoms with van der Waals surface area (Å²) < 4.78 is 5.17. The summed E-state index contributed by atoms with van der Waals surface area (Å²) in [5, 5.41) is 2.11. The summed E-state index contributed by atoms with van der Waals surface area (Å²) in [6.07, 6.45) is 0. The maximum Gasteiger partial charge on any atom is 0.118 e. The van der Waals surface area contributed by atoms with Gasteiger partial charge in [-0.25, -0.2) is 0 Å². The molecule has 90 valence electrons. The highest BCUT2D eigenvalue weighted by atomic mass is 32.1. The molecule has 3 aromatic rings. The van der Waals surface area contributed by atoms with Gasteiger partial charge in [0.2, 0.25) is 0 Å². The summed E-state index contributed by atoms with van der Waals surface area (Å²) in [4.78, 5) is 3.96. The van der Waals surface area contributed by atoms with Crippen molar-refractivity contribution in [2.75, 3.05) is 7.11 Å². The van der Waals surface area contributed by atoms with E-state index in [2.05, 4.69) is 41.8 Å². The monoisotopic (exact) mass is 272 g/mol. The van der Waals surface area contributed by atoms with Gasteiger partial charge in [-0.1, -0.05) is 6.07 Å². The number of thiophene rings is 2. The van der Waals surface area contributed by atoms with Crippen molar-refractivity contribution in [3.8, 4) is 25.9 Å². The third-order valence-electron chi connectivity index (χ3n) is 2.74. The molecule has 0 saturated heterocycles. The molecule has 0 saturated carbocycles. The highest BCUT2D eigenvalue weighted by molar-refractivity contribution is 7.23. The van der Waals surface area contributed by atoms with Crippen molar-refractivity contribution in [3.63, 3.8) is 0 Å². The van der Waals surface area contributed by atoms with Crippen molar-refractivity contribution in [1.82, 2.24) is 0 Å². The van der Waals surface area contributed by atoms with Crippen LogP contribution in [0.3, 0.4) is 0 Å². The van der Waals surface area contributed by atoms with Gasteiger partial charge in [-0.15, -0.1) is 22.7 Å². The first-order valence-electron chi connectivity index (χ1n) is 5.65. The molecule has 0 radical (unpaired) electrons. The van der Waals surface area contributed by atoms with E-state index < -0.39 is 0 Å². The zero-order valence-electron chi connectivity index (χ0n) is 9.92. The van der Waals surface area contributed by atoms with Gasteiger partial charge in [0.1, 0.15) is 5.75 Å². The minimum Gasteiger partial charge on any atom is -0.497 e. The van der Waals surface area contributed by atoms with Gasteiger partial charge in [0.15, 0.2) is 0 Å². The topological polar surface area (TPSA) is 9.23 Å². The first-order chi connectivity index (χ1) is 8.86. The summed E-state index contributed by atoms with van der Waals surface area (Å²) in [6, 6.07) is 16.8. The highest BCUT2D eigenvalue weighted by Gasteiger charge is 2.05. The molecule has 0 aliphatic carbocycles. The zero-order chi connectivity index (χ0) is 12.4. The van der Waals surface area contributed by atoms with Crippen LogP contribution in [0, 0.1) is 0 Å². The Bertz CT molecular complexity index is 621. The maximum atomic E-state index is 5.17. The molecule has 18 heavy (non-hydrogen) atoms. The Hall–Kier alpha value is -1.58. The van der Waals surface area contributed by atoms with Crippen molar-refractivity contribution >= 4 is 22.7 Å². The lowest BCUT2D eigenvalue weighted by atomic mass is 10.2. The fraction of sp³-hybridized carbons (Fsp3) is 0.0667. The molecule has 0 aliphatic heterocycles. The maximum absolute atomic E-state index is 5.17. The van der Waals surface area contributed by atoms with Crippen molar-refractivity contribution in [2.45, 2.75) is 0 Å². The van der Waals surface area contributed by atoms with Gasteiger partial charge in [-0.3, -0.25) is 0 Å². The normalized spacial score (nSPS) is 10.5. The number of hydrogen-bond donors (Lipinski definition) is 0. The van der Waals surface area contributed by atoms with Crippen LogP contribution in [0.1, 0.15) is 0 Å². The van der Waals surface area contributed by atoms with Crippen LogP contribution in [0.5, 0.6) is 5.75 Å². The quantitative estimate of drug-likeness (QED) is 0.640. The number of methoxy groups -OCH3 is 1. The summed E-state index contributed by atoms with van der Waals surface area (Å²) in [6.45, 7) is 0. The highest BCUT2D eigenvalue weighted by Crippen LogP contribution is 2.36. The van der Waals surface area contributed by atoms with Crippen molar-refractivity contribution < 1.29 is 4.74 Å². The molecule has 3 heteroatoms. The second-order valence-electron chi connectivity index (χ2n) is 3.87. The van der Waals surface area contributed by atoms with E-state index in [0.717, 1.165) is 5.75 Å². The van der Waals surface area contributed by atoms with Crippen molar-refractivity contribution in [1.29, 1.82) is 0 Å². The predicted molar refractivity (Wildman–Crippen MR) is 79.6 cm³/mol. The van der Waals surface area contributed by atoms with Crippen LogP contribution < -0.4 is 4.74 Å². The first kappa shape index (κ1) is 11.5. The minimum absolute atomic E-state index is 0.897. The third kappa shape index (κ3) is 2.19. The van der Waals surface area contributed by atoms with E-state index in [1.165, 1.54) is 20.2 Å². The lowest BCUT2D eigenvalue weighted by Crippen LogP contribution is -1.81. The van der Waals surface area contributed by atoms with E-state index in [9.17, 15) is 0 Å². The van der Waals surface area contributed by atoms with E-state index in [-0.39, 0.29) is 0 Å². The van der Waals surface area contributed by atoms with Gasteiger partial charge in [-0.2, -0.15) is 0 Å². The lowest BCUT2D eigenvalue weighted by Gasteiger charge is -2.00. The molecule has 0 fully saturated rings.